The Hall–Kier alpha value is -3.16. The summed E-state index contributed by atoms with van der Waals surface area (Å²) in [6.45, 7) is -2.03. The van der Waals surface area contributed by atoms with Crippen LogP contribution in [0.5, 0.6) is 11.5 Å². The number of anilines is 2. The first-order chi connectivity index (χ1) is 12.0. The summed E-state index contributed by atoms with van der Waals surface area (Å²) >= 11 is 0. The van der Waals surface area contributed by atoms with Crippen LogP contribution in [-0.4, -0.2) is 25.0 Å². The Morgan fingerprint density at radius 1 is 0.960 bits per heavy atom. The Kier molecular flexibility index (Phi) is 6.27. The fourth-order valence-corrected chi connectivity index (χ4v) is 1.98. The van der Waals surface area contributed by atoms with Crippen molar-refractivity contribution in [3.63, 3.8) is 0 Å². The van der Waals surface area contributed by atoms with Gasteiger partial charge in [0.25, 0.3) is 5.91 Å². The predicted molar refractivity (Wildman–Crippen MR) is 87.9 cm³/mol. The van der Waals surface area contributed by atoms with Gasteiger partial charge >= 0.3 is 6.61 Å². The van der Waals surface area contributed by atoms with Crippen LogP contribution in [0.4, 0.5) is 20.2 Å². The van der Waals surface area contributed by atoms with Crippen molar-refractivity contribution < 1.29 is 27.8 Å². The van der Waals surface area contributed by atoms with Crippen LogP contribution in [0.3, 0.4) is 0 Å². The number of nitrogens with one attached hydrogen (secondary N) is 2. The SMILES string of the molecule is CC(=O)Nc1ccccc1OCC(=O)Nc1ccccc1OC(F)F. The fraction of sp³-hybridized carbons (Fsp3) is 0.176. The third-order valence-corrected chi connectivity index (χ3v) is 2.93. The normalized spacial score (nSPS) is 10.2. The number of ether oxygens (including phenoxy) is 2. The number of carbonyl (C=O) groups excluding carboxylic acids is 2. The Bertz CT molecular complexity index is 753. The van der Waals surface area contributed by atoms with E-state index < -0.39 is 12.5 Å². The van der Waals surface area contributed by atoms with Crippen molar-refractivity contribution in [1.29, 1.82) is 0 Å². The van der Waals surface area contributed by atoms with Crippen molar-refractivity contribution >= 4 is 23.2 Å². The summed E-state index contributed by atoms with van der Waals surface area (Å²) in [4.78, 5) is 23.1. The highest BCUT2D eigenvalue weighted by atomic mass is 19.3. The Morgan fingerprint density at radius 2 is 1.52 bits per heavy atom. The van der Waals surface area contributed by atoms with Gasteiger partial charge in [-0.2, -0.15) is 8.78 Å². The second-order valence-electron chi connectivity index (χ2n) is 4.89. The number of halogens is 2. The molecule has 132 valence electrons. The molecule has 0 heterocycles. The highest BCUT2D eigenvalue weighted by Gasteiger charge is 2.12. The van der Waals surface area contributed by atoms with E-state index in [0.29, 0.717) is 11.4 Å². The van der Waals surface area contributed by atoms with Gasteiger partial charge in [0.15, 0.2) is 6.61 Å². The lowest BCUT2D eigenvalue weighted by molar-refractivity contribution is -0.118. The Morgan fingerprint density at radius 3 is 2.12 bits per heavy atom. The number of carbonyl (C=O) groups is 2. The van der Waals surface area contributed by atoms with Crippen molar-refractivity contribution in [2.24, 2.45) is 0 Å². The number of hydrogen-bond donors (Lipinski definition) is 2. The van der Waals surface area contributed by atoms with E-state index in [-0.39, 0.29) is 24.0 Å². The van der Waals surface area contributed by atoms with Gasteiger partial charge in [-0.05, 0) is 24.3 Å². The number of para-hydroxylation sites is 4. The molecule has 0 saturated carbocycles. The standard InChI is InChI=1S/C17H16F2N2O4/c1-11(22)20-12-6-2-4-8-14(12)24-10-16(23)21-13-7-3-5-9-15(13)25-17(18)19/h2-9,17H,10H2,1H3,(H,20,22)(H,21,23). The van der Waals surface area contributed by atoms with Crippen LogP contribution >= 0.6 is 0 Å². The van der Waals surface area contributed by atoms with Crippen LogP contribution in [0, 0.1) is 0 Å². The van der Waals surface area contributed by atoms with Crippen molar-refractivity contribution in [3.05, 3.63) is 48.5 Å². The molecule has 0 saturated heterocycles. The van der Waals surface area contributed by atoms with Crippen molar-refractivity contribution in [1.82, 2.24) is 0 Å². The molecule has 0 aliphatic rings. The second kappa shape index (κ2) is 8.62. The quantitative estimate of drug-likeness (QED) is 0.804. The fourth-order valence-electron chi connectivity index (χ4n) is 1.98. The molecular formula is C17H16F2N2O4. The maximum absolute atomic E-state index is 12.4. The van der Waals surface area contributed by atoms with Crippen LogP contribution in [0.25, 0.3) is 0 Å². The van der Waals surface area contributed by atoms with Crippen molar-refractivity contribution in [2.75, 3.05) is 17.2 Å². The monoisotopic (exact) mass is 350 g/mol. The maximum atomic E-state index is 12.4. The molecule has 0 aliphatic heterocycles. The molecule has 6 nitrogen and oxygen atoms in total. The van der Waals surface area contributed by atoms with E-state index >= 15 is 0 Å². The van der Waals surface area contributed by atoms with Crippen LogP contribution in [0.1, 0.15) is 6.92 Å². The molecule has 2 rings (SSSR count). The molecule has 2 amide bonds. The van der Waals surface area contributed by atoms with Gasteiger partial charge in [-0.15, -0.1) is 0 Å². The van der Waals surface area contributed by atoms with Crippen molar-refractivity contribution in [2.45, 2.75) is 13.5 Å². The van der Waals surface area contributed by atoms with E-state index in [4.69, 9.17) is 4.74 Å². The minimum absolute atomic E-state index is 0.103. The second-order valence-corrected chi connectivity index (χ2v) is 4.89. The third kappa shape index (κ3) is 5.76. The zero-order valence-corrected chi connectivity index (χ0v) is 13.3. The first-order valence-corrected chi connectivity index (χ1v) is 7.29. The molecule has 2 aromatic carbocycles. The summed E-state index contributed by atoms with van der Waals surface area (Å²) in [6.07, 6.45) is 0. The first kappa shape index (κ1) is 18.2. The first-order valence-electron chi connectivity index (χ1n) is 7.29. The van der Waals surface area contributed by atoms with E-state index in [9.17, 15) is 18.4 Å². The van der Waals surface area contributed by atoms with Crippen LogP contribution in [-0.2, 0) is 9.59 Å². The van der Waals surface area contributed by atoms with Gasteiger partial charge in [0.2, 0.25) is 5.91 Å². The number of hydrogen-bond acceptors (Lipinski definition) is 4. The minimum atomic E-state index is -3.00. The van der Waals surface area contributed by atoms with Gasteiger partial charge in [0, 0.05) is 6.92 Å². The Labute approximate surface area is 142 Å². The van der Waals surface area contributed by atoms with Gasteiger partial charge in [-0.3, -0.25) is 9.59 Å². The van der Waals surface area contributed by atoms with E-state index in [2.05, 4.69) is 15.4 Å². The molecule has 0 aliphatic carbocycles. The van der Waals surface area contributed by atoms with E-state index in [1.54, 1.807) is 30.3 Å². The topological polar surface area (TPSA) is 76.7 Å². The summed E-state index contributed by atoms with van der Waals surface area (Å²) in [5, 5.41) is 5.02. The summed E-state index contributed by atoms with van der Waals surface area (Å²) in [6, 6.07) is 12.4. The molecule has 0 atom stereocenters. The lowest BCUT2D eigenvalue weighted by atomic mass is 10.3. The van der Waals surface area contributed by atoms with Gasteiger partial charge in [-0.25, -0.2) is 0 Å². The smallest absolute Gasteiger partial charge is 0.387 e. The lowest BCUT2D eigenvalue weighted by Crippen LogP contribution is -2.21. The average Bonchev–Trinajstić information content (AvgIpc) is 2.55. The molecule has 2 aromatic rings. The van der Waals surface area contributed by atoms with Gasteiger partial charge in [0.05, 0.1) is 11.4 Å². The molecule has 25 heavy (non-hydrogen) atoms. The zero-order chi connectivity index (χ0) is 18.2. The number of rotatable bonds is 7. The molecule has 0 radical (unpaired) electrons. The highest BCUT2D eigenvalue weighted by molar-refractivity contribution is 5.94. The summed E-state index contributed by atoms with van der Waals surface area (Å²) in [7, 11) is 0. The summed E-state index contributed by atoms with van der Waals surface area (Å²) < 4.78 is 34.4. The van der Waals surface area contributed by atoms with Crippen LogP contribution in [0.15, 0.2) is 48.5 Å². The predicted octanol–water partition coefficient (Wildman–Crippen LogP) is 3.26. The minimum Gasteiger partial charge on any atom is -0.482 e. The zero-order valence-electron chi connectivity index (χ0n) is 13.3. The molecule has 0 spiro atoms. The molecule has 0 fully saturated rings. The van der Waals surface area contributed by atoms with E-state index in [0.717, 1.165) is 0 Å². The van der Waals surface area contributed by atoms with Gasteiger partial charge < -0.3 is 20.1 Å². The number of benzene rings is 2. The van der Waals surface area contributed by atoms with E-state index in [1.165, 1.54) is 25.1 Å². The van der Waals surface area contributed by atoms with E-state index in [1.807, 2.05) is 0 Å². The number of amides is 2. The summed E-state index contributed by atoms with van der Waals surface area (Å²) in [5.74, 6) is -0.684. The number of alkyl halides is 2. The molecule has 0 bridgehead atoms. The molecule has 0 aromatic heterocycles. The molecular weight excluding hydrogens is 334 g/mol. The highest BCUT2D eigenvalue weighted by Crippen LogP contribution is 2.26. The molecule has 8 heteroatoms. The summed E-state index contributed by atoms with van der Waals surface area (Å²) in [5.41, 5.74) is 0.524. The van der Waals surface area contributed by atoms with Crippen LogP contribution in [0.2, 0.25) is 0 Å². The lowest BCUT2D eigenvalue weighted by Gasteiger charge is -2.13. The maximum Gasteiger partial charge on any atom is 0.387 e. The average molecular weight is 350 g/mol. The van der Waals surface area contributed by atoms with Crippen LogP contribution < -0.4 is 20.1 Å². The van der Waals surface area contributed by atoms with Crippen molar-refractivity contribution in [3.8, 4) is 11.5 Å². The largest absolute Gasteiger partial charge is 0.482 e. The van der Waals surface area contributed by atoms with Gasteiger partial charge in [0.1, 0.15) is 11.5 Å². The third-order valence-electron chi connectivity index (χ3n) is 2.93. The molecule has 2 N–H and O–H groups in total. The Balaban J connectivity index is 1.99. The molecule has 0 unspecified atom stereocenters. The van der Waals surface area contributed by atoms with Gasteiger partial charge in [-0.1, -0.05) is 24.3 Å².